The van der Waals surface area contributed by atoms with Crippen molar-refractivity contribution in [3.05, 3.63) is 75.7 Å². The first kappa shape index (κ1) is 14.6. The van der Waals surface area contributed by atoms with Gasteiger partial charge in [0.25, 0.3) is 0 Å². The van der Waals surface area contributed by atoms with Crippen molar-refractivity contribution in [2.75, 3.05) is 0 Å². The third kappa shape index (κ3) is 3.13. The van der Waals surface area contributed by atoms with Crippen LogP contribution in [-0.4, -0.2) is 16.9 Å². The highest BCUT2D eigenvalue weighted by atomic mass is 16.7. The zero-order valence-corrected chi connectivity index (χ0v) is 11.7. The molecule has 8 heteroatoms. The van der Waals surface area contributed by atoms with E-state index in [2.05, 4.69) is 20.5 Å². The predicted molar refractivity (Wildman–Crippen MR) is 81.5 cm³/mol. The number of benzene rings is 2. The summed E-state index contributed by atoms with van der Waals surface area (Å²) in [5.41, 5.74) is 12.8. The molecular formula is C15H11N5O3. The Morgan fingerprint density at radius 1 is 1.22 bits per heavy atom. The molecule has 0 aliphatic carbocycles. The van der Waals surface area contributed by atoms with Gasteiger partial charge in [0.05, 0.1) is 0 Å². The molecule has 0 spiro atoms. The molecule has 3 rings (SSSR count). The average Bonchev–Trinajstić information content (AvgIpc) is 3.06. The Balaban J connectivity index is 1.79. The van der Waals surface area contributed by atoms with Crippen LogP contribution in [0.2, 0.25) is 0 Å². The summed E-state index contributed by atoms with van der Waals surface area (Å²) in [6.45, 7) is 0. The minimum absolute atomic E-state index is 0.178. The smallest absolute Gasteiger partial charge is 0.249 e. The number of hydrogen-bond acceptors (Lipinski definition) is 5. The summed E-state index contributed by atoms with van der Waals surface area (Å²) in [5.74, 6) is -0.0866. The largest absolute Gasteiger partial charge is 0.508 e. The number of hydroxylamine groups is 1. The van der Waals surface area contributed by atoms with Crippen molar-refractivity contribution in [2.24, 2.45) is 10.1 Å². The van der Waals surface area contributed by atoms with Crippen LogP contribution < -0.4 is 5.48 Å². The van der Waals surface area contributed by atoms with Crippen LogP contribution in [-0.2, 0) is 4.84 Å². The molecule has 23 heavy (non-hydrogen) atoms. The molecule has 2 aromatic rings. The molecule has 1 heterocycles. The van der Waals surface area contributed by atoms with Crippen molar-refractivity contribution in [1.29, 1.82) is 0 Å². The molecule has 0 radical (unpaired) electrons. The molecule has 1 aliphatic rings. The second-order valence-corrected chi connectivity index (χ2v) is 4.72. The highest BCUT2D eigenvalue weighted by molar-refractivity contribution is 5.98. The summed E-state index contributed by atoms with van der Waals surface area (Å²) in [5, 5.41) is 12.3. The fourth-order valence-electron chi connectivity index (χ4n) is 2.07. The number of amides is 1. The van der Waals surface area contributed by atoms with Gasteiger partial charge in [-0.3, -0.25) is 4.79 Å². The molecule has 1 aliphatic heterocycles. The Morgan fingerprint density at radius 3 is 2.57 bits per heavy atom. The normalized spacial score (nSPS) is 16.2. The third-order valence-electron chi connectivity index (χ3n) is 3.24. The summed E-state index contributed by atoms with van der Waals surface area (Å²) in [7, 11) is 0. The van der Waals surface area contributed by atoms with Crippen LogP contribution in [0.5, 0.6) is 5.75 Å². The number of carbonyl (C=O) groups is 1. The fourth-order valence-corrected chi connectivity index (χ4v) is 2.07. The lowest BCUT2D eigenvalue weighted by molar-refractivity contribution is 0.100. The maximum Gasteiger partial charge on any atom is 0.249 e. The number of nitrogens with zero attached hydrogens (tertiary/aromatic N) is 4. The zero-order valence-electron chi connectivity index (χ0n) is 11.7. The van der Waals surface area contributed by atoms with Gasteiger partial charge in [-0.05, 0) is 40.5 Å². The summed E-state index contributed by atoms with van der Waals surface area (Å²) in [6.07, 6.45) is -0.380. The van der Waals surface area contributed by atoms with E-state index in [4.69, 9.17) is 10.4 Å². The van der Waals surface area contributed by atoms with Crippen molar-refractivity contribution in [3.8, 4) is 5.75 Å². The maximum absolute atomic E-state index is 11.4. The fraction of sp³-hybridized carbons (Fsp3) is 0.0667. The van der Waals surface area contributed by atoms with Gasteiger partial charge in [-0.2, -0.15) is 0 Å². The molecule has 2 N–H and O–H groups in total. The van der Waals surface area contributed by atoms with Gasteiger partial charge < -0.3 is 9.94 Å². The Hall–Kier alpha value is -3.35. The van der Waals surface area contributed by atoms with Crippen LogP contribution in [0.15, 0.2) is 58.6 Å². The van der Waals surface area contributed by atoms with Crippen LogP contribution in [0.1, 0.15) is 27.7 Å². The number of phenols is 1. The minimum Gasteiger partial charge on any atom is -0.508 e. The van der Waals surface area contributed by atoms with Gasteiger partial charge in [-0.1, -0.05) is 24.3 Å². The summed E-state index contributed by atoms with van der Waals surface area (Å²) in [6, 6.07) is 13.0. The Labute approximate surface area is 130 Å². The number of aliphatic imine (C=N–C) groups is 1. The van der Waals surface area contributed by atoms with Crippen molar-refractivity contribution in [3.63, 3.8) is 0 Å². The first-order valence-corrected chi connectivity index (χ1v) is 6.66. The number of aromatic hydroxyl groups is 1. The van der Waals surface area contributed by atoms with Gasteiger partial charge >= 0.3 is 0 Å². The molecule has 0 fully saturated rings. The van der Waals surface area contributed by atoms with Crippen molar-refractivity contribution < 1.29 is 14.7 Å². The van der Waals surface area contributed by atoms with E-state index < -0.39 is 5.91 Å². The van der Waals surface area contributed by atoms with Crippen LogP contribution >= 0.6 is 0 Å². The summed E-state index contributed by atoms with van der Waals surface area (Å²) < 4.78 is 0. The lowest BCUT2D eigenvalue weighted by Gasteiger charge is -2.05. The monoisotopic (exact) mass is 309 g/mol. The number of azide groups is 1. The van der Waals surface area contributed by atoms with E-state index in [1.807, 2.05) is 0 Å². The van der Waals surface area contributed by atoms with E-state index in [0.29, 0.717) is 11.5 Å². The van der Waals surface area contributed by atoms with Crippen molar-refractivity contribution in [1.82, 2.24) is 5.48 Å². The van der Waals surface area contributed by atoms with E-state index >= 15 is 0 Å². The first-order chi connectivity index (χ1) is 11.2. The van der Waals surface area contributed by atoms with Crippen LogP contribution in [0.3, 0.4) is 0 Å². The molecule has 0 bridgehead atoms. The maximum atomic E-state index is 11.4. The zero-order chi connectivity index (χ0) is 16.2. The number of phenolic OH excluding ortho intramolecular Hbond substituents is 1. The number of carbonyl (C=O) groups excluding carboxylic acids is 1. The van der Waals surface area contributed by atoms with Crippen LogP contribution in [0, 0.1) is 0 Å². The van der Waals surface area contributed by atoms with Gasteiger partial charge in [-0.15, -0.1) is 5.48 Å². The molecule has 0 aromatic heterocycles. The molecule has 1 atom stereocenters. The lowest BCUT2D eigenvalue weighted by atomic mass is 10.1. The molecule has 0 saturated heterocycles. The SMILES string of the molecule is [N-]=[N+]=NC(=O)c1ccc(C2=NC(c3ccc(O)cc3)NO2)cc1. The van der Waals surface area contributed by atoms with Gasteiger partial charge in [0, 0.05) is 16.0 Å². The number of nitrogens with one attached hydrogen (secondary N) is 1. The van der Waals surface area contributed by atoms with Crippen molar-refractivity contribution >= 4 is 11.8 Å². The van der Waals surface area contributed by atoms with Crippen molar-refractivity contribution in [2.45, 2.75) is 6.17 Å². The lowest BCUT2D eigenvalue weighted by Crippen LogP contribution is -2.14. The first-order valence-electron chi connectivity index (χ1n) is 6.66. The van der Waals surface area contributed by atoms with Gasteiger partial charge in [0.1, 0.15) is 5.75 Å². The topological polar surface area (TPSA) is 120 Å². The molecule has 0 saturated carbocycles. The van der Waals surface area contributed by atoms with Gasteiger partial charge in [0.15, 0.2) is 6.17 Å². The molecular weight excluding hydrogens is 298 g/mol. The van der Waals surface area contributed by atoms with Gasteiger partial charge in [-0.25, -0.2) is 4.99 Å². The highest BCUT2D eigenvalue weighted by Gasteiger charge is 2.21. The Kier molecular flexibility index (Phi) is 3.92. The summed E-state index contributed by atoms with van der Waals surface area (Å²) >= 11 is 0. The quantitative estimate of drug-likeness (QED) is 0.514. The molecule has 114 valence electrons. The second-order valence-electron chi connectivity index (χ2n) is 4.72. The van der Waals surface area contributed by atoms with Crippen LogP contribution in [0.25, 0.3) is 10.4 Å². The standard InChI is InChI=1S/C15H11N5O3/c16-20-18-14(22)10-1-3-11(4-2-10)15-17-13(19-23-15)9-5-7-12(21)8-6-9/h1-8,13,19,21H. The van der Waals surface area contributed by atoms with E-state index in [1.165, 1.54) is 12.1 Å². The van der Waals surface area contributed by atoms with E-state index in [9.17, 15) is 9.90 Å². The molecule has 1 amide bonds. The Bertz CT molecular complexity index is 808. The molecule has 2 aromatic carbocycles. The summed E-state index contributed by atoms with van der Waals surface area (Å²) in [4.78, 5) is 23.6. The molecule has 1 unspecified atom stereocenters. The van der Waals surface area contributed by atoms with E-state index in [0.717, 1.165) is 5.56 Å². The van der Waals surface area contributed by atoms with Crippen LogP contribution in [0.4, 0.5) is 0 Å². The number of hydrogen-bond donors (Lipinski definition) is 2. The predicted octanol–water partition coefficient (Wildman–Crippen LogP) is 2.82. The second kappa shape index (κ2) is 6.18. The minimum atomic E-state index is -0.645. The molecule has 8 nitrogen and oxygen atoms in total. The number of rotatable bonds is 3. The Morgan fingerprint density at radius 2 is 1.91 bits per heavy atom. The van der Waals surface area contributed by atoms with Gasteiger partial charge in [0.2, 0.25) is 11.8 Å². The highest BCUT2D eigenvalue weighted by Crippen LogP contribution is 2.23. The third-order valence-corrected chi connectivity index (χ3v) is 3.24. The van der Waals surface area contributed by atoms with E-state index in [-0.39, 0.29) is 17.5 Å². The average molecular weight is 309 g/mol. The van der Waals surface area contributed by atoms with E-state index in [1.54, 1.807) is 36.4 Å².